The third kappa shape index (κ3) is 2.10. The summed E-state index contributed by atoms with van der Waals surface area (Å²) in [6.45, 7) is 0. The highest BCUT2D eigenvalue weighted by Crippen LogP contribution is 2.34. The van der Waals surface area contributed by atoms with Gasteiger partial charge in [0.1, 0.15) is 0 Å². The Morgan fingerprint density at radius 1 is 1.36 bits per heavy atom. The third-order valence-electron chi connectivity index (χ3n) is 2.66. The average Bonchev–Trinajstić information content (AvgIpc) is 2.47. The highest BCUT2D eigenvalue weighted by molar-refractivity contribution is 8.13. The molecule has 1 aromatic rings. The van der Waals surface area contributed by atoms with Crippen LogP contribution >= 0.6 is 10.7 Å². The van der Waals surface area contributed by atoms with Crippen molar-refractivity contribution >= 4 is 19.7 Å². The Morgan fingerprint density at radius 2 is 2.07 bits per heavy atom. The first kappa shape index (κ1) is 9.99. The highest BCUT2D eigenvalue weighted by Gasteiger charge is 2.25. The number of benzene rings is 1. The summed E-state index contributed by atoms with van der Waals surface area (Å²) < 4.78 is 21.9. The zero-order chi connectivity index (χ0) is 10.2. The molecule has 14 heavy (non-hydrogen) atoms. The first-order chi connectivity index (χ1) is 6.56. The van der Waals surface area contributed by atoms with Gasteiger partial charge in [-0.05, 0) is 29.9 Å². The molecule has 2 nitrogen and oxygen atoms in total. The van der Waals surface area contributed by atoms with Gasteiger partial charge in [-0.15, -0.1) is 0 Å². The van der Waals surface area contributed by atoms with E-state index in [0.717, 1.165) is 18.4 Å². The number of hydrogen-bond acceptors (Lipinski definition) is 2. The molecule has 0 aliphatic heterocycles. The van der Waals surface area contributed by atoms with Gasteiger partial charge in [-0.1, -0.05) is 24.3 Å². The highest BCUT2D eigenvalue weighted by atomic mass is 35.7. The van der Waals surface area contributed by atoms with Gasteiger partial charge in [0.15, 0.2) is 0 Å². The van der Waals surface area contributed by atoms with Crippen LogP contribution in [0.15, 0.2) is 24.3 Å². The molecule has 0 bridgehead atoms. The normalized spacial score (nSPS) is 20.8. The smallest absolute Gasteiger partial charge is 0.212 e. The summed E-state index contributed by atoms with van der Waals surface area (Å²) >= 11 is 0. The quantitative estimate of drug-likeness (QED) is 0.731. The Hall–Kier alpha value is -0.540. The first-order valence-electron chi connectivity index (χ1n) is 4.56. The molecule has 1 atom stereocenters. The number of halogens is 1. The number of fused-ring (bicyclic) bond motifs is 1. The predicted octanol–water partition coefficient (Wildman–Crippen LogP) is 2.29. The SMILES string of the molecule is O=S(=O)(Cl)CC1CCc2ccccc21. The zero-order valence-electron chi connectivity index (χ0n) is 7.61. The Labute approximate surface area is 88.3 Å². The molecular weight excluding hydrogens is 220 g/mol. The molecule has 0 saturated carbocycles. The molecule has 0 saturated heterocycles. The van der Waals surface area contributed by atoms with Crippen LogP contribution in [-0.2, 0) is 15.5 Å². The van der Waals surface area contributed by atoms with Gasteiger partial charge in [0.2, 0.25) is 9.05 Å². The van der Waals surface area contributed by atoms with E-state index < -0.39 is 9.05 Å². The molecule has 0 heterocycles. The van der Waals surface area contributed by atoms with E-state index in [1.807, 2.05) is 18.2 Å². The molecule has 1 aliphatic rings. The van der Waals surface area contributed by atoms with Crippen LogP contribution in [0, 0.1) is 0 Å². The van der Waals surface area contributed by atoms with Crippen LogP contribution in [0.5, 0.6) is 0 Å². The molecular formula is C10H11ClO2S. The molecule has 0 amide bonds. The summed E-state index contributed by atoms with van der Waals surface area (Å²) in [5.74, 6) is 0.152. The molecule has 0 aromatic heterocycles. The topological polar surface area (TPSA) is 34.1 Å². The molecule has 1 unspecified atom stereocenters. The summed E-state index contributed by atoms with van der Waals surface area (Å²) in [4.78, 5) is 0. The number of aryl methyl sites for hydroxylation is 1. The van der Waals surface area contributed by atoms with Gasteiger partial charge >= 0.3 is 0 Å². The maximum Gasteiger partial charge on any atom is 0.233 e. The number of hydrogen-bond donors (Lipinski definition) is 0. The van der Waals surface area contributed by atoms with Gasteiger partial charge in [-0.2, -0.15) is 0 Å². The monoisotopic (exact) mass is 230 g/mol. The molecule has 76 valence electrons. The standard InChI is InChI=1S/C10H11ClO2S/c11-14(12,13)7-9-6-5-8-3-1-2-4-10(8)9/h1-4,9H,5-7H2. The summed E-state index contributed by atoms with van der Waals surface area (Å²) in [6, 6.07) is 7.97. The van der Waals surface area contributed by atoms with Gasteiger partial charge in [0.25, 0.3) is 0 Å². The van der Waals surface area contributed by atoms with Gasteiger partial charge in [-0.3, -0.25) is 0 Å². The minimum absolute atomic E-state index is 0.0611. The van der Waals surface area contributed by atoms with E-state index >= 15 is 0 Å². The van der Waals surface area contributed by atoms with Crippen LogP contribution in [0.25, 0.3) is 0 Å². The lowest BCUT2D eigenvalue weighted by molar-refractivity contribution is 0.600. The second-order valence-corrected chi connectivity index (χ2v) is 6.46. The zero-order valence-corrected chi connectivity index (χ0v) is 9.18. The van der Waals surface area contributed by atoms with Crippen molar-refractivity contribution < 1.29 is 8.42 Å². The Bertz CT molecular complexity index is 439. The van der Waals surface area contributed by atoms with E-state index in [-0.39, 0.29) is 11.7 Å². The molecule has 2 rings (SSSR count). The van der Waals surface area contributed by atoms with E-state index in [4.69, 9.17) is 10.7 Å². The van der Waals surface area contributed by atoms with Crippen molar-refractivity contribution in [1.82, 2.24) is 0 Å². The van der Waals surface area contributed by atoms with E-state index in [0.29, 0.717) is 0 Å². The van der Waals surface area contributed by atoms with Crippen molar-refractivity contribution in [2.45, 2.75) is 18.8 Å². The van der Waals surface area contributed by atoms with Crippen molar-refractivity contribution in [2.24, 2.45) is 0 Å². The summed E-state index contributed by atoms with van der Waals surface area (Å²) in [5, 5.41) is 0. The molecule has 0 spiro atoms. The maximum atomic E-state index is 11.0. The summed E-state index contributed by atoms with van der Waals surface area (Å²) in [5.41, 5.74) is 2.41. The van der Waals surface area contributed by atoms with E-state index in [2.05, 4.69) is 6.07 Å². The summed E-state index contributed by atoms with van der Waals surface area (Å²) in [7, 11) is 1.87. The van der Waals surface area contributed by atoms with E-state index in [9.17, 15) is 8.42 Å². The van der Waals surface area contributed by atoms with Crippen LogP contribution in [0.2, 0.25) is 0 Å². The number of rotatable bonds is 2. The van der Waals surface area contributed by atoms with Gasteiger partial charge in [0, 0.05) is 10.7 Å². The molecule has 1 aliphatic carbocycles. The second-order valence-electron chi connectivity index (χ2n) is 3.64. The lowest BCUT2D eigenvalue weighted by Gasteiger charge is -2.08. The predicted molar refractivity (Wildman–Crippen MR) is 57.1 cm³/mol. The lowest BCUT2D eigenvalue weighted by atomic mass is 10.0. The second kappa shape index (κ2) is 3.55. The fourth-order valence-electron chi connectivity index (χ4n) is 2.06. The first-order valence-corrected chi connectivity index (χ1v) is 7.04. The fourth-order valence-corrected chi connectivity index (χ4v) is 3.34. The largest absolute Gasteiger partial charge is 0.233 e. The maximum absolute atomic E-state index is 11.0. The summed E-state index contributed by atoms with van der Waals surface area (Å²) in [6.07, 6.45) is 1.86. The molecule has 0 radical (unpaired) electrons. The van der Waals surface area contributed by atoms with E-state index in [1.165, 1.54) is 5.56 Å². The Balaban J connectivity index is 2.27. The minimum atomic E-state index is -3.38. The Kier molecular flexibility index (Phi) is 2.54. The van der Waals surface area contributed by atoms with Crippen LogP contribution < -0.4 is 0 Å². The molecule has 1 aromatic carbocycles. The molecule has 0 fully saturated rings. The molecule has 0 N–H and O–H groups in total. The van der Waals surface area contributed by atoms with Crippen molar-refractivity contribution in [1.29, 1.82) is 0 Å². The van der Waals surface area contributed by atoms with Crippen LogP contribution in [0.4, 0.5) is 0 Å². The van der Waals surface area contributed by atoms with Gasteiger partial charge in [-0.25, -0.2) is 8.42 Å². The van der Waals surface area contributed by atoms with Crippen molar-refractivity contribution in [3.05, 3.63) is 35.4 Å². The van der Waals surface area contributed by atoms with Gasteiger partial charge in [0.05, 0.1) is 5.75 Å². The lowest BCUT2D eigenvalue weighted by Crippen LogP contribution is -2.07. The van der Waals surface area contributed by atoms with Crippen molar-refractivity contribution in [3.63, 3.8) is 0 Å². The fraction of sp³-hybridized carbons (Fsp3) is 0.400. The average molecular weight is 231 g/mol. The van der Waals surface area contributed by atoms with Crippen molar-refractivity contribution in [3.8, 4) is 0 Å². The van der Waals surface area contributed by atoms with Gasteiger partial charge < -0.3 is 0 Å². The third-order valence-corrected chi connectivity index (χ3v) is 3.84. The van der Waals surface area contributed by atoms with Crippen LogP contribution in [-0.4, -0.2) is 14.2 Å². The Morgan fingerprint density at radius 3 is 2.79 bits per heavy atom. The minimum Gasteiger partial charge on any atom is -0.212 e. The van der Waals surface area contributed by atoms with Crippen LogP contribution in [0.1, 0.15) is 23.5 Å². The molecule has 4 heteroatoms. The van der Waals surface area contributed by atoms with Crippen molar-refractivity contribution in [2.75, 3.05) is 5.75 Å². The van der Waals surface area contributed by atoms with Crippen LogP contribution in [0.3, 0.4) is 0 Å². The van der Waals surface area contributed by atoms with E-state index in [1.54, 1.807) is 0 Å².